The quantitative estimate of drug-likeness (QED) is 0.411. The number of allylic oxidation sites excluding steroid dienone is 1. The third-order valence-electron chi connectivity index (χ3n) is 2.62. The third-order valence-corrected chi connectivity index (χ3v) is 2.62. The van der Waals surface area contributed by atoms with Gasteiger partial charge in [0.05, 0.1) is 5.70 Å². The first kappa shape index (κ1) is 17.0. The smallest absolute Gasteiger partial charge is 0.182 e. The molecule has 0 aromatic heterocycles. The Bertz CT molecular complexity index is 260. The van der Waals surface area contributed by atoms with Gasteiger partial charge >= 0.3 is 0 Å². The van der Waals surface area contributed by atoms with Crippen LogP contribution in [0, 0.1) is 5.92 Å². The Hall–Kier alpha value is -1.03. The van der Waals surface area contributed by atoms with Crippen LogP contribution in [0.15, 0.2) is 11.9 Å². The van der Waals surface area contributed by atoms with Gasteiger partial charge in [0.25, 0.3) is 0 Å². The maximum absolute atomic E-state index is 11.5. The van der Waals surface area contributed by atoms with E-state index >= 15 is 0 Å². The molecule has 0 heterocycles. The molecule has 0 bridgehead atoms. The first-order chi connectivity index (χ1) is 8.45. The molecule has 106 valence electrons. The fourth-order valence-electron chi connectivity index (χ4n) is 1.51. The monoisotopic (exact) mass is 255 g/mol. The van der Waals surface area contributed by atoms with Crippen molar-refractivity contribution >= 4 is 5.78 Å². The molecular weight excluding hydrogens is 226 g/mol. The second kappa shape index (κ2) is 9.95. The summed E-state index contributed by atoms with van der Waals surface area (Å²) in [6, 6.07) is 0.563. The van der Waals surface area contributed by atoms with Crippen LogP contribution in [-0.2, 0) is 4.79 Å². The molecular formula is C14H29N3O. The van der Waals surface area contributed by atoms with Gasteiger partial charge in [-0.1, -0.05) is 34.1 Å². The zero-order valence-electron chi connectivity index (χ0n) is 12.3. The number of carbonyl (C=O) groups is 1. The Kier molecular flexibility index (Phi) is 9.38. The van der Waals surface area contributed by atoms with Crippen LogP contribution in [0.4, 0.5) is 0 Å². The van der Waals surface area contributed by atoms with Gasteiger partial charge in [-0.15, -0.1) is 0 Å². The van der Waals surface area contributed by atoms with Crippen molar-refractivity contribution < 1.29 is 4.79 Å². The number of nitrogens with two attached hydrogens (primary N) is 1. The Morgan fingerprint density at radius 1 is 1.11 bits per heavy atom. The fourth-order valence-corrected chi connectivity index (χ4v) is 1.51. The lowest BCUT2D eigenvalue weighted by Gasteiger charge is -2.08. The van der Waals surface area contributed by atoms with Gasteiger partial charge in [-0.25, -0.2) is 0 Å². The molecule has 4 N–H and O–H groups in total. The predicted molar refractivity (Wildman–Crippen MR) is 77.1 cm³/mol. The van der Waals surface area contributed by atoms with Crippen molar-refractivity contribution in [3.63, 3.8) is 0 Å². The van der Waals surface area contributed by atoms with Gasteiger partial charge in [-0.05, 0) is 19.4 Å². The first-order valence-corrected chi connectivity index (χ1v) is 6.91. The number of hydrogen-bond acceptors (Lipinski definition) is 4. The van der Waals surface area contributed by atoms with Gasteiger partial charge < -0.3 is 16.4 Å². The van der Waals surface area contributed by atoms with Gasteiger partial charge in [0.1, 0.15) is 0 Å². The number of rotatable bonds is 10. The van der Waals surface area contributed by atoms with Crippen LogP contribution in [-0.4, -0.2) is 24.9 Å². The van der Waals surface area contributed by atoms with Crippen molar-refractivity contribution in [1.29, 1.82) is 0 Å². The topological polar surface area (TPSA) is 67.2 Å². The standard InChI is InChI=1S/C14H29N3O/c1-11(2)14(18)13(15)10-16-8-6-5-7-9-17-12(3)4/h10-12,16-17H,5-9,15H2,1-4H3/b13-10-. The van der Waals surface area contributed by atoms with Crippen molar-refractivity contribution in [2.45, 2.75) is 53.0 Å². The van der Waals surface area contributed by atoms with Crippen LogP contribution in [0.3, 0.4) is 0 Å². The number of Topliss-reactive ketones (excluding diaryl/α,β-unsaturated/α-hetero) is 1. The SMILES string of the molecule is CC(C)NCCCCCN/C=C(\N)C(=O)C(C)C. The van der Waals surface area contributed by atoms with Crippen LogP contribution in [0.2, 0.25) is 0 Å². The van der Waals surface area contributed by atoms with E-state index in [4.69, 9.17) is 5.73 Å². The maximum atomic E-state index is 11.5. The van der Waals surface area contributed by atoms with E-state index < -0.39 is 0 Å². The molecule has 0 radical (unpaired) electrons. The van der Waals surface area contributed by atoms with Gasteiger partial charge in [0.15, 0.2) is 5.78 Å². The van der Waals surface area contributed by atoms with E-state index in [1.807, 2.05) is 13.8 Å². The molecule has 0 aromatic rings. The van der Waals surface area contributed by atoms with E-state index in [2.05, 4.69) is 24.5 Å². The Labute approximate surface area is 111 Å². The summed E-state index contributed by atoms with van der Waals surface area (Å²) in [5.41, 5.74) is 5.98. The second-order valence-electron chi connectivity index (χ2n) is 5.24. The minimum Gasteiger partial charge on any atom is -0.395 e. The summed E-state index contributed by atoms with van der Waals surface area (Å²) in [5, 5.41) is 6.48. The van der Waals surface area contributed by atoms with Crippen LogP contribution in [0.25, 0.3) is 0 Å². The number of unbranched alkanes of at least 4 members (excludes halogenated alkanes) is 2. The molecule has 0 aliphatic rings. The van der Waals surface area contributed by atoms with Gasteiger partial charge in [-0.2, -0.15) is 0 Å². The lowest BCUT2D eigenvalue weighted by molar-refractivity contribution is -0.118. The van der Waals surface area contributed by atoms with E-state index in [9.17, 15) is 4.79 Å². The molecule has 0 saturated carbocycles. The van der Waals surface area contributed by atoms with E-state index in [1.165, 1.54) is 12.8 Å². The van der Waals surface area contributed by atoms with E-state index in [0.29, 0.717) is 11.7 Å². The van der Waals surface area contributed by atoms with Crippen LogP contribution in [0.1, 0.15) is 47.0 Å². The average molecular weight is 255 g/mol. The predicted octanol–water partition coefficient (Wildman–Crippen LogP) is 1.77. The normalized spacial score (nSPS) is 12.2. The zero-order chi connectivity index (χ0) is 14.0. The van der Waals surface area contributed by atoms with E-state index in [-0.39, 0.29) is 11.7 Å². The summed E-state index contributed by atoms with van der Waals surface area (Å²) in [6.07, 6.45) is 5.09. The summed E-state index contributed by atoms with van der Waals surface area (Å²) >= 11 is 0. The molecule has 0 aliphatic carbocycles. The first-order valence-electron chi connectivity index (χ1n) is 6.91. The highest BCUT2D eigenvalue weighted by Crippen LogP contribution is 1.99. The molecule has 4 nitrogen and oxygen atoms in total. The highest BCUT2D eigenvalue weighted by atomic mass is 16.1. The molecule has 0 spiro atoms. The third kappa shape index (κ3) is 9.05. The molecule has 0 rings (SSSR count). The highest BCUT2D eigenvalue weighted by Gasteiger charge is 2.09. The lowest BCUT2D eigenvalue weighted by atomic mass is 10.1. The molecule has 0 aromatic carbocycles. The molecule has 0 amide bonds. The maximum Gasteiger partial charge on any atom is 0.182 e. The number of hydrogen-bond donors (Lipinski definition) is 3. The van der Waals surface area contributed by atoms with Crippen LogP contribution >= 0.6 is 0 Å². The Balaban J connectivity index is 3.50. The van der Waals surface area contributed by atoms with Crippen molar-refractivity contribution in [1.82, 2.24) is 10.6 Å². The molecule has 0 saturated heterocycles. The Morgan fingerprint density at radius 2 is 1.72 bits per heavy atom. The minimum absolute atomic E-state index is 0.00336. The summed E-state index contributed by atoms with van der Waals surface area (Å²) < 4.78 is 0. The lowest BCUT2D eigenvalue weighted by Crippen LogP contribution is -2.23. The average Bonchev–Trinajstić information content (AvgIpc) is 2.30. The van der Waals surface area contributed by atoms with Crippen molar-refractivity contribution in [2.75, 3.05) is 13.1 Å². The summed E-state index contributed by atoms with van der Waals surface area (Å²) in [5.74, 6) is -0.0335. The molecule has 18 heavy (non-hydrogen) atoms. The molecule has 0 aliphatic heterocycles. The van der Waals surface area contributed by atoms with Crippen molar-refractivity contribution in [3.8, 4) is 0 Å². The fraction of sp³-hybridized carbons (Fsp3) is 0.786. The summed E-state index contributed by atoms with van der Waals surface area (Å²) in [6.45, 7) is 9.95. The van der Waals surface area contributed by atoms with Gasteiger partial charge in [0.2, 0.25) is 0 Å². The minimum atomic E-state index is -0.0369. The number of carbonyl (C=O) groups excluding carboxylic acids is 1. The molecule has 0 fully saturated rings. The summed E-state index contributed by atoms with van der Waals surface area (Å²) in [4.78, 5) is 11.5. The summed E-state index contributed by atoms with van der Waals surface area (Å²) in [7, 11) is 0. The second-order valence-corrected chi connectivity index (χ2v) is 5.24. The van der Waals surface area contributed by atoms with Gasteiger partial charge in [0, 0.05) is 24.7 Å². The van der Waals surface area contributed by atoms with Gasteiger partial charge in [-0.3, -0.25) is 4.79 Å². The molecule has 0 atom stereocenters. The molecule has 0 unspecified atom stereocenters. The number of nitrogens with one attached hydrogen (secondary N) is 2. The van der Waals surface area contributed by atoms with Crippen molar-refractivity contribution in [3.05, 3.63) is 11.9 Å². The Morgan fingerprint density at radius 3 is 2.28 bits per heavy atom. The van der Waals surface area contributed by atoms with Crippen LogP contribution in [0.5, 0.6) is 0 Å². The molecule has 4 heteroatoms. The van der Waals surface area contributed by atoms with Crippen molar-refractivity contribution in [2.24, 2.45) is 11.7 Å². The van der Waals surface area contributed by atoms with E-state index in [0.717, 1.165) is 19.5 Å². The largest absolute Gasteiger partial charge is 0.395 e. The zero-order valence-corrected chi connectivity index (χ0v) is 12.3. The van der Waals surface area contributed by atoms with E-state index in [1.54, 1.807) is 6.20 Å². The highest BCUT2D eigenvalue weighted by molar-refractivity contribution is 5.95. The van der Waals surface area contributed by atoms with Crippen LogP contribution < -0.4 is 16.4 Å². The number of ketones is 1.